The molecule has 1 saturated heterocycles. The van der Waals surface area contributed by atoms with Crippen LogP contribution in [0.5, 0.6) is 0 Å². The Hall–Kier alpha value is -1.37. The van der Waals surface area contributed by atoms with E-state index in [0.717, 1.165) is 5.57 Å². The van der Waals surface area contributed by atoms with Crippen LogP contribution in [0.15, 0.2) is 23.8 Å². The lowest BCUT2D eigenvalue weighted by atomic mass is 9.44. The standard InChI is InChI=1S/C24H31FO5/c1-13(26)24-19(29-20(2,3)30-24)11-17-16-7-6-14-10-15(27)8-9-21(14,4)23(16,25)18(28)12-22(17,24)5/h8-10,16-19,28H,6-7,11-12H2,1-5H3/t16-,17-,18-,19-,21-,22-,23-,24-/m0/s1. The van der Waals surface area contributed by atoms with E-state index < -0.39 is 46.0 Å². The molecule has 3 saturated carbocycles. The van der Waals surface area contributed by atoms with Crippen molar-refractivity contribution >= 4 is 11.6 Å². The molecule has 30 heavy (non-hydrogen) atoms. The first-order chi connectivity index (χ1) is 13.8. The van der Waals surface area contributed by atoms with Crippen molar-refractivity contribution in [2.75, 3.05) is 0 Å². The van der Waals surface area contributed by atoms with E-state index in [0.29, 0.717) is 19.3 Å². The fourth-order valence-electron chi connectivity index (χ4n) is 7.95. The number of alkyl halides is 1. The van der Waals surface area contributed by atoms with Crippen molar-refractivity contribution in [3.8, 4) is 0 Å². The second kappa shape index (κ2) is 5.70. The van der Waals surface area contributed by atoms with Gasteiger partial charge in [0.1, 0.15) is 0 Å². The Bertz CT molecular complexity index is 907. The quantitative estimate of drug-likeness (QED) is 0.706. The van der Waals surface area contributed by atoms with Crippen molar-refractivity contribution in [2.45, 2.75) is 89.6 Å². The Labute approximate surface area is 176 Å². The number of Topliss-reactive ketones (excluding diaryl/α,β-unsaturated/α-hetero) is 1. The minimum Gasteiger partial charge on any atom is -0.390 e. The van der Waals surface area contributed by atoms with Gasteiger partial charge in [0.2, 0.25) is 0 Å². The van der Waals surface area contributed by atoms with E-state index in [-0.39, 0.29) is 23.9 Å². The van der Waals surface area contributed by atoms with Gasteiger partial charge in [-0.3, -0.25) is 9.59 Å². The van der Waals surface area contributed by atoms with Gasteiger partial charge in [-0.1, -0.05) is 18.6 Å². The zero-order chi connectivity index (χ0) is 21.9. The van der Waals surface area contributed by atoms with Crippen LogP contribution in [0, 0.1) is 22.7 Å². The highest BCUT2D eigenvalue weighted by Crippen LogP contribution is 2.72. The topological polar surface area (TPSA) is 72.8 Å². The minimum absolute atomic E-state index is 0.116. The number of hydrogen-bond acceptors (Lipinski definition) is 5. The molecule has 0 aromatic carbocycles. The van der Waals surface area contributed by atoms with Crippen molar-refractivity contribution in [3.05, 3.63) is 23.8 Å². The van der Waals surface area contributed by atoms with E-state index >= 15 is 4.39 Å². The number of carbonyl (C=O) groups is 2. The van der Waals surface area contributed by atoms with Crippen molar-refractivity contribution in [1.29, 1.82) is 0 Å². The van der Waals surface area contributed by atoms with Crippen LogP contribution in [0.25, 0.3) is 0 Å². The fourth-order valence-corrected chi connectivity index (χ4v) is 7.95. The molecular weight excluding hydrogens is 387 g/mol. The number of halogens is 1. The van der Waals surface area contributed by atoms with Gasteiger partial charge in [0.05, 0.1) is 12.2 Å². The number of aliphatic hydroxyl groups is 1. The third-order valence-electron chi connectivity index (χ3n) is 9.16. The SMILES string of the molecule is CC(=O)[C@]12OC(C)(C)O[C@H]1C[C@H]1[C@@H]3CCC4=CC(=O)C=C[C@]4(C)[C@@]3(F)[C@@H](O)C[C@@]12C. The summed E-state index contributed by atoms with van der Waals surface area (Å²) in [6, 6.07) is 0. The number of rotatable bonds is 1. The van der Waals surface area contributed by atoms with Crippen molar-refractivity contribution in [2.24, 2.45) is 22.7 Å². The summed E-state index contributed by atoms with van der Waals surface area (Å²) in [7, 11) is 0. The summed E-state index contributed by atoms with van der Waals surface area (Å²) in [4.78, 5) is 25.0. The van der Waals surface area contributed by atoms with Gasteiger partial charge in [-0.25, -0.2) is 4.39 Å². The van der Waals surface area contributed by atoms with E-state index in [1.165, 1.54) is 19.1 Å². The zero-order valence-electron chi connectivity index (χ0n) is 18.3. The van der Waals surface area contributed by atoms with E-state index in [1.54, 1.807) is 26.8 Å². The average Bonchev–Trinajstić information content (AvgIpc) is 3.04. The van der Waals surface area contributed by atoms with E-state index in [1.807, 2.05) is 6.92 Å². The van der Waals surface area contributed by atoms with Gasteiger partial charge in [0.25, 0.3) is 0 Å². The molecule has 6 heteroatoms. The first kappa shape index (κ1) is 20.5. The number of hydrogen-bond donors (Lipinski definition) is 1. The summed E-state index contributed by atoms with van der Waals surface area (Å²) >= 11 is 0. The summed E-state index contributed by atoms with van der Waals surface area (Å²) in [5, 5.41) is 11.4. The zero-order valence-corrected chi connectivity index (χ0v) is 18.3. The van der Waals surface area contributed by atoms with Crippen LogP contribution in [0.2, 0.25) is 0 Å². The molecule has 4 aliphatic carbocycles. The summed E-state index contributed by atoms with van der Waals surface area (Å²) in [6.07, 6.45) is 4.64. The third kappa shape index (κ3) is 2.08. The molecular formula is C24H31FO5. The second-order valence-electron chi connectivity index (χ2n) is 10.9. The average molecular weight is 419 g/mol. The van der Waals surface area contributed by atoms with Crippen LogP contribution >= 0.6 is 0 Å². The molecule has 0 radical (unpaired) electrons. The maximum absolute atomic E-state index is 17.1. The molecule has 0 spiro atoms. The van der Waals surface area contributed by atoms with E-state index in [9.17, 15) is 14.7 Å². The highest BCUT2D eigenvalue weighted by atomic mass is 19.1. The molecule has 0 unspecified atom stereocenters. The molecule has 1 aliphatic heterocycles. The second-order valence-corrected chi connectivity index (χ2v) is 10.9. The number of fused-ring (bicyclic) bond motifs is 7. The van der Waals surface area contributed by atoms with Gasteiger partial charge in [-0.2, -0.15) is 0 Å². The molecule has 8 atom stereocenters. The van der Waals surface area contributed by atoms with Crippen LogP contribution in [-0.4, -0.2) is 45.9 Å². The molecule has 5 nitrogen and oxygen atoms in total. The summed E-state index contributed by atoms with van der Waals surface area (Å²) in [6.45, 7) is 8.89. The lowest BCUT2D eigenvalue weighted by Gasteiger charge is -2.62. The lowest BCUT2D eigenvalue weighted by Crippen LogP contribution is -2.69. The Balaban J connectivity index is 1.64. The maximum Gasteiger partial charge on any atom is 0.178 e. The van der Waals surface area contributed by atoms with Gasteiger partial charge in [-0.15, -0.1) is 0 Å². The third-order valence-corrected chi connectivity index (χ3v) is 9.16. The molecule has 1 heterocycles. The first-order valence-electron chi connectivity index (χ1n) is 11.0. The molecule has 4 fully saturated rings. The van der Waals surface area contributed by atoms with Crippen molar-refractivity contribution < 1.29 is 28.6 Å². The lowest BCUT2D eigenvalue weighted by molar-refractivity contribution is -0.245. The molecule has 0 aromatic heterocycles. The number of ether oxygens (including phenoxy) is 2. The Morgan fingerprint density at radius 3 is 2.60 bits per heavy atom. The predicted octanol–water partition coefficient (Wildman–Crippen LogP) is 3.45. The highest BCUT2D eigenvalue weighted by Gasteiger charge is 2.79. The highest BCUT2D eigenvalue weighted by molar-refractivity contribution is 6.01. The normalized spacial score (nSPS) is 53.4. The first-order valence-corrected chi connectivity index (χ1v) is 11.0. The van der Waals surface area contributed by atoms with Gasteiger partial charge < -0.3 is 14.6 Å². The number of allylic oxidation sites excluding steroid dienone is 4. The van der Waals surface area contributed by atoms with E-state index in [4.69, 9.17) is 9.47 Å². The predicted molar refractivity (Wildman–Crippen MR) is 107 cm³/mol. The van der Waals surface area contributed by atoms with Crippen molar-refractivity contribution in [1.82, 2.24) is 0 Å². The van der Waals surface area contributed by atoms with Gasteiger partial charge in [0.15, 0.2) is 28.6 Å². The van der Waals surface area contributed by atoms with Crippen LogP contribution in [-0.2, 0) is 19.1 Å². The van der Waals surface area contributed by atoms with Crippen LogP contribution < -0.4 is 0 Å². The Morgan fingerprint density at radius 2 is 1.93 bits per heavy atom. The van der Waals surface area contributed by atoms with Crippen LogP contribution in [0.1, 0.15) is 60.3 Å². The smallest absolute Gasteiger partial charge is 0.178 e. The minimum atomic E-state index is -1.91. The number of aliphatic hydroxyl groups excluding tert-OH is 1. The molecule has 164 valence electrons. The molecule has 0 bridgehead atoms. The van der Waals surface area contributed by atoms with Crippen molar-refractivity contribution in [3.63, 3.8) is 0 Å². The maximum atomic E-state index is 17.1. The number of carbonyl (C=O) groups excluding carboxylic acids is 2. The van der Waals surface area contributed by atoms with Gasteiger partial charge in [-0.05, 0) is 71.4 Å². The summed E-state index contributed by atoms with van der Waals surface area (Å²) < 4.78 is 29.6. The van der Waals surface area contributed by atoms with Gasteiger partial charge >= 0.3 is 0 Å². The Morgan fingerprint density at radius 1 is 1.23 bits per heavy atom. The molecule has 0 aromatic rings. The Kier molecular flexibility index (Phi) is 3.90. The molecule has 5 rings (SSSR count). The fraction of sp³-hybridized carbons (Fsp3) is 0.750. The van der Waals surface area contributed by atoms with E-state index in [2.05, 4.69) is 0 Å². The van der Waals surface area contributed by atoms with Crippen LogP contribution in [0.3, 0.4) is 0 Å². The summed E-state index contributed by atoms with van der Waals surface area (Å²) in [5.41, 5.74) is -4.11. The monoisotopic (exact) mass is 418 g/mol. The molecule has 5 aliphatic rings. The largest absolute Gasteiger partial charge is 0.390 e. The van der Waals surface area contributed by atoms with Gasteiger partial charge in [0, 0.05) is 16.7 Å². The number of ketones is 2. The van der Waals surface area contributed by atoms with Crippen LogP contribution in [0.4, 0.5) is 4.39 Å². The molecule has 0 amide bonds. The summed E-state index contributed by atoms with van der Waals surface area (Å²) in [5.74, 6) is -1.77. The molecule has 1 N–H and O–H groups in total.